The standard InChI is InChI=1S/C15H23N5O2/c1-3-18-15(22)13(9(2)16)14-19-11(8-12(21)20-14)10-4-6-17-7-5-10/h8,10,16-17,19H,3-7H2,1-2H3,(H,18,22)(H,20,21)/b14-13-,16-9?. The van der Waals surface area contributed by atoms with Crippen LogP contribution in [-0.4, -0.2) is 37.2 Å². The summed E-state index contributed by atoms with van der Waals surface area (Å²) in [5.41, 5.74) is 1.11. The van der Waals surface area contributed by atoms with Crippen LogP contribution < -0.4 is 21.3 Å². The largest absolute Gasteiger partial charge is 0.352 e. The highest BCUT2D eigenvalue weighted by Crippen LogP contribution is 2.22. The summed E-state index contributed by atoms with van der Waals surface area (Å²) in [5, 5.41) is 19.6. The molecule has 2 amide bonds. The number of rotatable bonds is 4. The number of piperidine rings is 1. The van der Waals surface area contributed by atoms with E-state index in [0.29, 0.717) is 12.4 Å². The quantitative estimate of drug-likeness (QED) is 0.372. The predicted molar refractivity (Wildman–Crippen MR) is 84.1 cm³/mol. The Hall–Kier alpha value is -2.15. The normalized spacial score (nSPS) is 21.4. The molecule has 2 rings (SSSR count). The van der Waals surface area contributed by atoms with Crippen molar-refractivity contribution in [2.75, 3.05) is 19.6 Å². The topological polar surface area (TPSA) is 106 Å². The zero-order valence-electron chi connectivity index (χ0n) is 13.0. The smallest absolute Gasteiger partial charge is 0.256 e. The number of allylic oxidation sites excluding steroid dienone is 1. The van der Waals surface area contributed by atoms with Crippen molar-refractivity contribution in [1.82, 2.24) is 21.3 Å². The highest BCUT2D eigenvalue weighted by molar-refractivity contribution is 6.20. The summed E-state index contributed by atoms with van der Waals surface area (Å²) in [6.45, 7) is 5.64. The minimum atomic E-state index is -0.357. The highest BCUT2D eigenvalue weighted by Gasteiger charge is 2.26. The molecule has 0 aromatic carbocycles. The molecule has 2 heterocycles. The van der Waals surface area contributed by atoms with Crippen molar-refractivity contribution in [3.05, 3.63) is 23.2 Å². The van der Waals surface area contributed by atoms with Gasteiger partial charge in [-0.3, -0.25) is 9.59 Å². The maximum Gasteiger partial charge on any atom is 0.256 e. The number of hydrogen-bond acceptors (Lipinski definition) is 5. The van der Waals surface area contributed by atoms with Gasteiger partial charge in [0.05, 0.1) is 0 Å². The summed E-state index contributed by atoms with van der Waals surface area (Å²) in [6, 6.07) is 0. The second kappa shape index (κ2) is 7.22. The number of amides is 2. The molecule has 0 saturated carbocycles. The fraction of sp³-hybridized carbons (Fsp3) is 0.533. The van der Waals surface area contributed by atoms with Gasteiger partial charge in [-0.2, -0.15) is 0 Å². The van der Waals surface area contributed by atoms with Gasteiger partial charge in [0, 0.05) is 29.9 Å². The summed E-state index contributed by atoms with van der Waals surface area (Å²) >= 11 is 0. The van der Waals surface area contributed by atoms with Crippen LogP contribution in [0.4, 0.5) is 0 Å². The van der Waals surface area contributed by atoms with Gasteiger partial charge in [0.2, 0.25) is 0 Å². The van der Waals surface area contributed by atoms with E-state index in [0.717, 1.165) is 31.6 Å². The molecule has 0 atom stereocenters. The number of carbonyl (C=O) groups excluding carboxylic acids is 2. The lowest BCUT2D eigenvalue weighted by molar-refractivity contribution is -0.117. The fourth-order valence-corrected chi connectivity index (χ4v) is 2.71. The van der Waals surface area contributed by atoms with Crippen LogP contribution in [0.15, 0.2) is 23.2 Å². The van der Waals surface area contributed by atoms with Gasteiger partial charge in [-0.1, -0.05) is 0 Å². The summed E-state index contributed by atoms with van der Waals surface area (Å²) in [7, 11) is 0. The Bertz CT molecular complexity index is 544. The Labute approximate surface area is 130 Å². The second-order valence-corrected chi connectivity index (χ2v) is 5.47. The maximum atomic E-state index is 12.1. The molecule has 0 aliphatic carbocycles. The summed E-state index contributed by atoms with van der Waals surface area (Å²) in [6.07, 6.45) is 3.44. The van der Waals surface area contributed by atoms with Crippen molar-refractivity contribution in [3.8, 4) is 0 Å². The Morgan fingerprint density at radius 2 is 2.05 bits per heavy atom. The summed E-state index contributed by atoms with van der Waals surface area (Å²) in [5.74, 6) is -0.0435. The van der Waals surface area contributed by atoms with Crippen LogP contribution in [0.3, 0.4) is 0 Å². The van der Waals surface area contributed by atoms with E-state index in [-0.39, 0.29) is 29.0 Å². The van der Waals surface area contributed by atoms with E-state index in [2.05, 4.69) is 21.3 Å². The molecule has 22 heavy (non-hydrogen) atoms. The zero-order chi connectivity index (χ0) is 16.1. The summed E-state index contributed by atoms with van der Waals surface area (Å²) < 4.78 is 0. The molecule has 0 unspecified atom stereocenters. The van der Waals surface area contributed by atoms with Crippen LogP contribution in [0.5, 0.6) is 0 Å². The van der Waals surface area contributed by atoms with Crippen LogP contribution in [-0.2, 0) is 9.59 Å². The number of likely N-dealkylation sites (N-methyl/N-ethyl adjacent to an activating group) is 1. The van der Waals surface area contributed by atoms with Gasteiger partial charge in [0.25, 0.3) is 11.8 Å². The van der Waals surface area contributed by atoms with Crippen molar-refractivity contribution in [2.45, 2.75) is 26.7 Å². The van der Waals surface area contributed by atoms with Crippen molar-refractivity contribution in [3.63, 3.8) is 0 Å². The van der Waals surface area contributed by atoms with E-state index >= 15 is 0 Å². The van der Waals surface area contributed by atoms with Gasteiger partial charge in [-0.05, 0) is 39.8 Å². The second-order valence-electron chi connectivity index (χ2n) is 5.47. The van der Waals surface area contributed by atoms with Gasteiger partial charge in [-0.25, -0.2) is 0 Å². The van der Waals surface area contributed by atoms with Gasteiger partial charge >= 0.3 is 0 Å². The first-order valence-electron chi connectivity index (χ1n) is 7.61. The predicted octanol–water partition coefficient (Wildman–Crippen LogP) is -0.0233. The van der Waals surface area contributed by atoms with Crippen molar-refractivity contribution in [1.29, 1.82) is 5.41 Å². The average molecular weight is 305 g/mol. The van der Waals surface area contributed by atoms with E-state index < -0.39 is 0 Å². The summed E-state index contributed by atoms with van der Waals surface area (Å²) in [4.78, 5) is 24.1. The van der Waals surface area contributed by atoms with Gasteiger partial charge < -0.3 is 26.7 Å². The van der Waals surface area contributed by atoms with Gasteiger partial charge in [0.1, 0.15) is 11.4 Å². The van der Waals surface area contributed by atoms with E-state index in [1.807, 2.05) is 6.92 Å². The van der Waals surface area contributed by atoms with Crippen molar-refractivity contribution >= 4 is 17.5 Å². The first-order valence-corrected chi connectivity index (χ1v) is 7.61. The van der Waals surface area contributed by atoms with Gasteiger partial charge in [-0.15, -0.1) is 0 Å². The molecule has 120 valence electrons. The maximum absolute atomic E-state index is 12.1. The first-order chi connectivity index (χ1) is 10.5. The fourth-order valence-electron chi connectivity index (χ4n) is 2.71. The Morgan fingerprint density at radius 3 is 2.64 bits per heavy atom. The van der Waals surface area contributed by atoms with E-state index in [1.54, 1.807) is 6.08 Å². The Morgan fingerprint density at radius 1 is 1.36 bits per heavy atom. The Balaban J connectivity index is 2.28. The molecule has 7 nitrogen and oxygen atoms in total. The highest BCUT2D eigenvalue weighted by atomic mass is 16.2. The molecular weight excluding hydrogens is 282 g/mol. The zero-order valence-corrected chi connectivity index (χ0v) is 13.0. The van der Waals surface area contributed by atoms with Crippen LogP contribution in [0.1, 0.15) is 26.7 Å². The van der Waals surface area contributed by atoms with E-state index in [4.69, 9.17) is 5.41 Å². The minimum absolute atomic E-state index is 0.111. The lowest BCUT2D eigenvalue weighted by Gasteiger charge is -2.30. The van der Waals surface area contributed by atoms with Crippen molar-refractivity contribution in [2.24, 2.45) is 5.92 Å². The third-order valence-corrected chi connectivity index (χ3v) is 3.77. The first kappa shape index (κ1) is 16.2. The molecule has 2 aliphatic heterocycles. The molecule has 7 heteroatoms. The number of hydrogen-bond donors (Lipinski definition) is 5. The lowest BCUT2D eigenvalue weighted by atomic mass is 9.93. The van der Waals surface area contributed by atoms with Crippen LogP contribution in [0.25, 0.3) is 0 Å². The van der Waals surface area contributed by atoms with Crippen molar-refractivity contribution < 1.29 is 9.59 Å². The van der Waals surface area contributed by atoms with Crippen LogP contribution >= 0.6 is 0 Å². The Kier molecular flexibility index (Phi) is 5.32. The molecule has 0 aromatic heterocycles. The molecule has 1 saturated heterocycles. The molecule has 0 aromatic rings. The molecule has 2 aliphatic rings. The van der Waals surface area contributed by atoms with Crippen LogP contribution in [0.2, 0.25) is 0 Å². The van der Waals surface area contributed by atoms with Crippen LogP contribution in [0, 0.1) is 11.3 Å². The number of carbonyl (C=O) groups is 2. The SMILES string of the molecule is CCNC(=O)/C(C(C)=N)=C1\NC(=O)C=C(C2CCNCC2)N1. The monoisotopic (exact) mass is 305 g/mol. The molecule has 0 bridgehead atoms. The average Bonchev–Trinajstić information content (AvgIpc) is 2.47. The molecular formula is C15H23N5O2. The van der Waals surface area contributed by atoms with Gasteiger partial charge in [0.15, 0.2) is 0 Å². The lowest BCUT2D eigenvalue weighted by Crippen LogP contribution is -2.43. The third kappa shape index (κ3) is 3.73. The number of nitrogens with one attached hydrogen (secondary N) is 5. The molecule has 5 N–H and O–H groups in total. The molecule has 0 radical (unpaired) electrons. The molecule has 1 fully saturated rings. The van der Waals surface area contributed by atoms with E-state index in [9.17, 15) is 9.59 Å². The minimum Gasteiger partial charge on any atom is -0.352 e. The molecule has 0 spiro atoms. The van der Waals surface area contributed by atoms with E-state index in [1.165, 1.54) is 6.92 Å². The third-order valence-electron chi connectivity index (χ3n) is 3.77.